The SMILES string of the molecule is CC(Sc1nnc(Cc2cccs2)n1C1CC1)C(=O)N(Cc1ccccc1)Cc1ccccc1. The van der Waals surface area contributed by atoms with Crippen LogP contribution in [0.5, 0.6) is 0 Å². The predicted octanol–water partition coefficient (Wildman–Crippen LogP) is 5.97. The van der Waals surface area contributed by atoms with Crippen molar-refractivity contribution in [3.05, 3.63) is 100 Å². The molecule has 174 valence electrons. The lowest BCUT2D eigenvalue weighted by atomic mass is 10.1. The summed E-state index contributed by atoms with van der Waals surface area (Å²) in [6, 6.07) is 25.0. The summed E-state index contributed by atoms with van der Waals surface area (Å²) in [5, 5.41) is 11.7. The molecule has 7 heteroatoms. The molecule has 4 aromatic rings. The summed E-state index contributed by atoms with van der Waals surface area (Å²) in [4.78, 5) is 16.9. The van der Waals surface area contributed by atoms with Crippen molar-refractivity contribution in [2.45, 2.75) is 55.7 Å². The zero-order valence-electron chi connectivity index (χ0n) is 19.2. The van der Waals surface area contributed by atoms with Crippen molar-refractivity contribution in [1.82, 2.24) is 19.7 Å². The van der Waals surface area contributed by atoms with Gasteiger partial charge in [0.25, 0.3) is 0 Å². The minimum Gasteiger partial charge on any atom is -0.333 e. The van der Waals surface area contributed by atoms with E-state index < -0.39 is 0 Å². The van der Waals surface area contributed by atoms with Crippen LogP contribution in [0.25, 0.3) is 0 Å². The van der Waals surface area contributed by atoms with Crippen LogP contribution in [0.15, 0.2) is 83.3 Å². The van der Waals surface area contributed by atoms with Gasteiger partial charge < -0.3 is 9.47 Å². The van der Waals surface area contributed by atoms with Crippen molar-refractivity contribution in [3.8, 4) is 0 Å². The molecule has 2 aromatic carbocycles. The Hall–Kier alpha value is -2.90. The number of thiophene rings is 1. The van der Waals surface area contributed by atoms with E-state index in [1.54, 1.807) is 11.3 Å². The Labute approximate surface area is 208 Å². The topological polar surface area (TPSA) is 51.0 Å². The highest BCUT2D eigenvalue weighted by atomic mass is 32.2. The first-order chi connectivity index (χ1) is 16.7. The summed E-state index contributed by atoms with van der Waals surface area (Å²) >= 11 is 3.27. The minimum absolute atomic E-state index is 0.114. The first-order valence-electron chi connectivity index (χ1n) is 11.7. The van der Waals surface area contributed by atoms with Gasteiger partial charge in [0.15, 0.2) is 5.16 Å². The summed E-state index contributed by atoms with van der Waals surface area (Å²) in [6.07, 6.45) is 3.09. The highest BCUT2D eigenvalue weighted by Gasteiger charge is 2.32. The van der Waals surface area contributed by atoms with Crippen molar-refractivity contribution in [2.24, 2.45) is 0 Å². The third-order valence-corrected chi connectivity index (χ3v) is 7.85. The summed E-state index contributed by atoms with van der Waals surface area (Å²) in [6.45, 7) is 3.15. The molecule has 2 heterocycles. The second-order valence-corrected chi connectivity index (χ2v) is 11.0. The van der Waals surface area contributed by atoms with E-state index in [9.17, 15) is 4.79 Å². The van der Waals surface area contributed by atoms with Crippen molar-refractivity contribution in [2.75, 3.05) is 0 Å². The number of hydrogen-bond acceptors (Lipinski definition) is 5. The lowest BCUT2D eigenvalue weighted by Gasteiger charge is -2.26. The van der Waals surface area contributed by atoms with Crippen LogP contribution in [0.2, 0.25) is 0 Å². The van der Waals surface area contributed by atoms with E-state index in [2.05, 4.69) is 56.5 Å². The van der Waals surface area contributed by atoms with Crippen molar-refractivity contribution < 1.29 is 4.79 Å². The molecular weight excluding hydrogens is 460 g/mol. The molecule has 1 saturated carbocycles. The standard InChI is InChI=1S/C27H28N4OS2/c1-20(34-27-29-28-25(31(27)23-14-15-23)17-24-13-8-16-33-24)26(32)30(18-21-9-4-2-5-10-21)19-22-11-6-3-7-12-22/h2-13,16,20,23H,14-15,17-19H2,1H3. The van der Waals surface area contributed by atoms with Gasteiger partial charge in [0, 0.05) is 30.4 Å². The molecule has 1 unspecified atom stereocenters. The monoisotopic (exact) mass is 488 g/mol. The molecule has 0 N–H and O–H groups in total. The van der Waals surface area contributed by atoms with Gasteiger partial charge in [-0.25, -0.2) is 0 Å². The maximum atomic E-state index is 13.7. The minimum atomic E-state index is -0.260. The smallest absolute Gasteiger partial charge is 0.236 e. The van der Waals surface area contributed by atoms with Crippen LogP contribution in [-0.2, 0) is 24.3 Å². The number of nitrogens with zero attached hydrogens (tertiary/aromatic N) is 4. The van der Waals surface area contributed by atoms with Gasteiger partial charge in [-0.2, -0.15) is 0 Å². The van der Waals surface area contributed by atoms with Gasteiger partial charge in [-0.05, 0) is 42.3 Å². The summed E-state index contributed by atoms with van der Waals surface area (Å²) in [5.74, 6) is 1.11. The van der Waals surface area contributed by atoms with E-state index >= 15 is 0 Å². The second kappa shape index (κ2) is 10.6. The zero-order chi connectivity index (χ0) is 23.3. The highest BCUT2D eigenvalue weighted by molar-refractivity contribution is 8.00. The number of amides is 1. The van der Waals surface area contributed by atoms with Crippen LogP contribution in [-0.4, -0.2) is 30.8 Å². The van der Waals surface area contributed by atoms with Gasteiger partial charge in [-0.3, -0.25) is 4.79 Å². The Morgan fingerprint density at radius 2 is 1.65 bits per heavy atom. The fourth-order valence-electron chi connectivity index (χ4n) is 4.06. The molecule has 0 spiro atoms. The first kappa shape index (κ1) is 22.9. The molecule has 2 aromatic heterocycles. The van der Waals surface area contributed by atoms with E-state index in [1.807, 2.05) is 48.2 Å². The zero-order valence-corrected chi connectivity index (χ0v) is 20.8. The van der Waals surface area contributed by atoms with Gasteiger partial charge in [0.2, 0.25) is 5.91 Å². The molecule has 34 heavy (non-hydrogen) atoms. The normalized spacial score (nSPS) is 14.1. The van der Waals surface area contributed by atoms with Gasteiger partial charge in [-0.15, -0.1) is 21.5 Å². The Morgan fingerprint density at radius 1 is 1.00 bits per heavy atom. The highest BCUT2D eigenvalue weighted by Crippen LogP contribution is 2.40. The van der Waals surface area contributed by atoms with E-state index in [0.29, 0.717) is 19.1 Å². The number of carbonyl (C=O) groups excluding carboxylic acids is 1. The van der Waals surface area contributed by atoms with E-state index in [-0.39, 0.29) is 11.2 Å². The fraction of sp³-hybridized carbons (Fsp3) is 0.296. The molecule has 0 aliphatic heterocycles. The first-order valence-corrected chi connectivity index (χ1v) is 13.4. The number of carbonyl (C=O) groups is 1. The Morgan fingerprint density at radius 3 is 2.21 bits per heavy atom. The number of benzene rings is 2. The Kier molecular flexibility index (Phi) is 7.11. The van der Waals surface area contributed by atoms with Gasteiger partial charge in [0.1, 0.15) is 5.82 Å². The largest absolute Gasteiger partial charge is 0.333 e. The Balaban J connectivity index is 1.34. The molecule has 0 radical (unpaired) electrons. The molecule has 0 saturated heterocycles. The van der Waals surface area contributed by atoms with Crippen molar-refractivity contribution in [1.29, 1.82) is 0 Å². The van der Waals surface area contributed by atoms with Crippen LogP contribution in [0, 0.1) is 0 Å². The summed E-state index contributed by atoms with van der Waals surface area (Å²) in [7, 11) is 0. The maximum Gasteiger partial charge on any atom is 0.236 e. The van der Waals surface area contributed by atoms with Gasteiger partial charge in [0.05, 0.1) is 5.25 Å². The van der Waals surface area contributed by atoms with E-state index in [4.69, 9.17) is 0 Å². The van der Waals surface area contributed by atoms with E-state index in [1.165, 1.54) is 16.6 Å². The average Bonchev–Trinajstić information content (AvgIpc) is 3.42. The summed E-state index contributed by atoms with van der Waals surface area (Å²) < 4.78 is 2.27. The molecular formula is C27H28N4OS2. The van der Waals surface area contributed by atoms with Gasteiger partial charge >= 0.3 is 0 Å². The molecule has 1 fully saturated rings. The van der Waals surface area contributed by atoms with Gasteiger partial charge in [-0.1, -0.05) is 78.5 Å². The van der Waals surface area contributed by atoms with Crippen LogP contribution in [0.4, 0.5) is 0 Å². The predicted molar refractivity (Wildman–Crippen MR) is 138 cm³/mol. The quantitative estimate of drug-likeness (QED) is 0.258. The molecule has 0 bridgehead atoms. The molecule has 5 rings (SSSR count). The molecule has 1 amide bonds. The second-order valence-electron chi connectivity index (χ2n) is 8.68. The van der Waals surface area contributed by atoms with Crippen LogP contribution >= 0.6 is 23.1 Å². The number of rotatable bonds is 10. The molecule has 1 aliphatic carbocycles. The fourth-order valence-corrected chi connectivity index (χ4v) is 5.79. The van der Waals surface area contributed by atoms with Crippen molar-refractivity contribution >= 4 is 29.0 Å². The molecule has 1 atom stereocenters. The lowest BCUT2D eigenvalue weighted by molar-refractivity contribution is -0.131. The Bertz CT molecular complexity index is 1160. The summed E-state index contributed by atoms with van der Waals surface area (Å²) in [5.41, 5.74) is 2.26. The molecule has 1 aliphatic rings. The van der Waals surface area contributed by atoms with Crippen molar-refractivity contribution in [3.63, 3.8) is 0 Å². The maximum absolute atomic E-state index is 13.7. The lowest BCUT2D eigenvalue weighted by Crippen LogP contribution is -2.35. The number of aromatic nitrogens is 3. The number of hydrogen-bond donors (Lipinski definition) is 0. The molecule has 5 nitrogen and oxygen atoms in total. The van der Waals surface area contributed by atoms with Crippen LogP contribution < -0.4 is 0 Å². The van der Waals surface area contributed by atoms with Crippen LogP contribution in [0.3, 0.4) is 0 Å². The van der Waals surface area contributed by atoms with Crippen LogP contribution in [0.1, 0.15) is 47.6 Å². The third kappa shape index (κ3) is 5.59. The average molecular weight is 489 g/mol. The third-order valence-electron chi connectivity index (χ3n) is 5.93. The van der Waals surface area contributed by atoms with E-state index in [0.717, 1.165) is 41.4 Å². The number of thioether (sulfide) groups is 1.